The topological polar surface area (TPSA) is 57.6 Å². The monoisotopic (exact) mass is 279 g/mol. The summed E-state index contributed by atoms with van der Waals surface area (Å²) in [6, 6.07) is 0. The molecule has 0 unspecified atom stereocenters. The molecule has 1 heterocycles. The molecule has 1 saturated heterocycles. The highest BCUT2D eigenvalue weighted by Gasteiger charge is 2.26. The highest BCUT2D eigenvalue weighted by atomic mass is 19.1. The molecule has 20 heavy (non-hydrogen) atoms. The van der Waals surface area contributed by atoms with Crippen LogP contribution in [0.1, 0.15) is 25.7 Å². The summed E-state index contributed by atoms with van der Waals surface area (Å²) in [5, 5.41) is 8.67. The van der Waals surface area contributed by atoms with Gasteiger partial charge in [0, 0.05) is 13.1 Å². The van der Waals surface area contributed by atoms with E-state index in [4.69, 9.17) is 5.11 Å². The third-order valence-electron chi connectivity index (χ3n) is 3.76. The van der Waals surface area contributed by atoms with E-state index in [2.05, 4.69) is 0 Å². The summed E-state index contributed by atoms with van der Waals surface area (Å²) in [6.45, 7) is 0.971. The van der Waals surface area contributed by atoms with E-state index < -0.39 is 11.9 Å². The standard InChI is InChI=1S/C15H18FNO3/c16-13-3-1-2-11(4-5-13)10-12-6-8-17(9-7-12)14(18)15(19)20/h2-5,12H,1,6-10H2,(H,19,20). The number of hydrogen-bond acceptors (Lipinski definition) is 2. The van der Waals surface area contributed by atoms with Crippen LogP contribution in [-0.4, -0.2) is 35.0 Å². The Labute approximate surface area is 117 Å². The molecule has 1 aliphatic heterocycles. The number of nitrogens with zero attached hydrogens (tertiary/aromatic N) is 1. The van der Waals surface area contributed by atoms with Crippen molar-refractivity contribution in [1.82, 2.24) is 4.90 Å². The van der Waals surface area contributed by atoms with Crippen LogP contribution in [0, 0.1) is 5.92 Å². The number of rotatable bonds is 2. The van der Waals surface area contributed by atoms with Crippen LogP contribution in [0.2, 0.25) is 0 Å². The number of piperidine rings is 1. The molecule has 4 nitrogen and oxygen atoms in total. The van der Waals surface area contributed by atoms with E-state index >= 15 is 0 Å². The molecule has 5 heteroatoms. The summed E-state index contributed by atoms with van der Waals surface area (Å²) in [5.41, 5.74) is 1.11. The van der Waals surface area contributed by atoms with Crippen LogP contribution < -0.4 is 0 Å². The van der Waals surface area contributed by atoms with Gasteiger partial charge < -0.3 is 10.0 Å². The predicted molar refractivity (Wildman–Crippen MR) is 72.6 cm³/mol. The Morgan fingerprint density at radius 2 is 1.95 bits per heavy atom. The Kier molecular flexibility index (Phi) is 4.71. The van der Waals surface area contributed by atoms with E-state index in [-0.39, 0.29) is 5.83 Å². The number of amides is 1. The normalized spacial score (nSPS) is 20.1. The molecule has 0 saturated carbocycles. The number of likely N-dealkylation sites (tertiary alicyclic amines) is 1. The van der Waals surface area contributed by atoms with Gasteiger partial charge in [0.15, 0.2) is 0 Å². The minimum absolute atomic E-state index is 0.210. The number of aliphatic carboxylic acids is 1. The van der Waals surface area contributed by atoms with Crippen molar-refractivity contribution >= 4 is 11.9 Å². The Balaban J connectivity index is 1.83. The molecule has 0 spiro atoms. The first kappa shape index (κ1) is 14.5. The third kappa shape index (κ3) is 3.79. The SMILES string of the molecule is O=C(O)C(=O)N1CCC(CC2=CCC=C(F)C=C2)CC1. The van der Waals surface area contributed by atoms with Gasteiger partial charge >= 0.3 is 11.9 Å². The number of allylic oxidation sites excluding steroid dienone is 6. The second kappa shape index (κ2) is 6.50. The van der Waals surface area contributed by atoms with Crippen molar-refractivity contribution in [3.8, 4) is 0 Å². The van der Waals surface area contributed by atoms with Gasteiger partial charge in [-0.1, -0.05) is 17.7 Å². The summed E-state index contributed by atoms with van der Waals surface area (Å²) >= 11 is 0. The van der Waals surface area contributed by atoms with Gasteiger partial charge in [0.1, 0.15) is 5.83 Å². The smallest absolute Gasteiger partial charge is 0.394 e. The number of hydrogen-bond donors (Lipinski definition) is 1. The van der Waals surface area contributed by atoms with Crippen molar-refractivity contribution in [3.05, 3.63) is 35.7 Å². The molecule has 1 amide bonds. The van der Waals surface area contributed by atoms with Crippen LogP contribution in [-0.2, 0) is 9.59 Å². The molecule has 1 N–H and O–H groups in total. The van der Waals surface area contributed by atoms with Gasteiger partial charge in [0.25, 0.3) is 0 Å². The number of halogens is 1. The molecular formula is C15H18FNO3. The lowest BCUT2D eigenvalue weighted by Crippen LogP contribution is -2.42. The van der Waals surface area contributed by atoms with Crippen LogP contribution in [0.3, 0.4) is 0 Å². The van der Waals surface area contributed by atoms with Gasteiger partial charge in [-0.3, -0.25) is 4.79 Å². The van der Waals surface area contributed by atoms with E-state index in [0.29, 0.717) is 25.4 Å². The average Bonchev–Trinajstić information content (AvgIpc) is 2.64. The molecule has 1 aliphatic carbocycles. The summed E-state index contributed by atoms with van der Waals surface area (Å²) in [5.74, 6) is -1.99. The first-order valence-electron chi connectivity index (χ1n) is 6.81. The van der Waals surface area contributed by atoms with Crippen molar-refractivity contribution in [2.24, 2.45) is 5.92 Å². The lowest BCUT2D eigenvalue weighted by molar-refractivity contribution is -0.156. The average molecular weight is 279 g/mol. The first-order valence-corrected chi connectivity index (χ1v) is 6.81. The zero-order chi connectivity index (χ0) is 14.5. The van der Waals surface area contributed by atoms with E-state index in [0.717, 1.165) is 24.8 Å². The Morgan fingerprint density at radius 1 is 1.25 bits per heavy atom. The Morgan fingerprint density at radius 3 is 2.60 bits per heavy atom. The highest BCUT2D eigenvalue weighted by molar-refractivity contribution is 6.31. The molecule has 0 bridgehead atoms. The Hall–Kier alpha value is -1.91. The largest absolute Gasteiger partial charge is 0.474 e. The zero-order valence-corrected chi connectivity index (χ0v) is 11.2. The quantitative estimate of drug-likeness (QED) is 0.790. The Bertz CT molecular complexity index is 485. The van der Waals surface area contributed by atoms with Crippen LogP contribution in [0.5, 0.6) is 0 Å². The fourth-order valence-corrected chi connectivity index (χ4v) is 2.61. The number of carbonyl (C=O) groups is 2. The summed E-state index contributed by atoms with van der Waals surface area (Å²) < 4.78 is 13.1. The molecule has 2 rings (SSSR count). The van der Waals surface area contributed by atoms with Crippen molar-refractivity contribution in [3.63, 3.8) is 0 Å². The highest BCUT2D eigenvalue weighted by Crippen LogP contribution is 2.26. The van der Waals surface area contributed by atoms with E-state index in [1.807, 2.05) is 6.08 Å². The molecule has 0 aromatic rings. The molecule has 0 radical (unpaired) electrons. The van der Waals surface area contributed by atoms with Gasteiger partial charge in [-0.05, 0) is 43.8 Å². The van der Waals surface area contributed by atoms with Gasteiger partial charge in [-0.25, -0.2) is 9.18 Å². The summed E-state index contributed by atoms with van der Waals surface area (Å²) in [7, 11) is 0. The molecule has 0 aromatic heterocycles. The van der Waals surface area contributed by atoms with Crippen LogP contribution >= 0.6 is 0 Å². The predicted octanol–water partition coefficient (Wildman–Crippen LogP) is 2.44. The second-order valence-corrected chi connectivity index (χ2v) is 5.18. The summed E-state index contributed by atoms with van der Waals surface area (Å²) in [4.78, 5) is 23.3. The van der Waals surface area contributed by atoms with Crippen molar-refractivity contribution in [2.45, 2.75) is 25.7 Å². The van der Waals surface area contributed by atoms with Crippen LogP contribution in [0.25, 0.3) is 0 Å². The van der Waals surface area contributed by atoms with Crippen LogP contribution in [0.4, 0.5) is 4.39 Å². The van der Waals surface area contributed by atoms with Gasteiger partial charge in [-0.15, -0.1) is 0 Å². The van der Waals surface area contributed by atoms with Gasteiger partial charge in [-0.2, -0.15) is 0 Å². The maximum absolute atomic E-state index is 13.1. The fraction of sp³-hybridized carbons (Fsp3) is 0.467. The number of carboxylic acids is 1. The maximum Gasteiger partial charge on any atom is 0.394 e. The zero-order valence-electron chi connectivity index (χ0n) is 11.2. The lowest BCUT2D eigenvalue weighted by atomic mass is 9.89. The molecule has 1 fully saturated rings. The van der Waals surface area contributed by atoms with Gasteiger partial charge in [0.2, 0.25) is 0 Å². The third-order valence-corrected chi connectivity index (χ3v) is 3.76. The van der Waals surface area contributed by atoms with Crippen molar-refractivity contribution in [1.29, 1.82) is 0 Å². The van der Waals surface area contributed by atoms with Crippen molar-refractivity contribution < 1.29 is 19.1 Å². The van der Waals surface area contributed by atoms with Crippen molar-refractivity contribution in [2.75, 3.05) is 13.1 Å². The molecule has 2 aliphatic rings. The maximum atomic E-state index is 13.1. The minimum atomic E-state index is -1.39. The minimum Gasteiger partial charge on any atom is -0.474 e. The first-order chi connectivity index (χ1) is 9.56. The number of carboxylic acid groups (broad SMARTS) is 1. The lowest BCUT2D eigenvalue weighted by Gasteiger charge is -2.31. The van der Waals surface area contributed by atoms with E-state index in [1.54, 1.807) is 6.08 Å². The molecular weight excluding hydrogens is 261 g/mol. The summed E-state index contributed by atoms with van der Waals surface area (Å²) in [6.07, 6.45) is 9.86. The fourth-order valence-electron chi connectivity index (χ4n) is 2.61. The van der Waals surface area contributed by atoms with E-state index in [1.165, 1.54) is 17.1 Å². The number of carbonyl (C=O) groups excluding carboxylic acids is 1. The van der Waals surface area contributed by atoms with Gasteiger partial charge in [0.05, 0.1) is 0 Å². The second-order valence-electron chi connectivity index (χ2n) is 5.18. The molecule has 0 atom stereocenters. The van der Waals surface area contributed by atoms with E-state index in [9.17, 15) is 14.0 Å². The van der Waals surface area contributed by atoms with Crippen LogP contribution in [0.15, 0.2) is 35.7 Å². The molecule has 108 valence electrons. The molecule has 0 aromatic carbocycles.